The summed E-state index contributed by atoms with van der Waals surface area (Å²) in [5.74, 6) is 2.10. The average Bonchev–Trinajstić information content (AvgIpc) is 2.98. The van der Waals surface area contributed by atoms with E-state index in [1.165, 1.54) is 6.42 Å². The van der Waals surface area contributed by atoms with Gasteiger partial charge in [-0.25, -0.2) is 4.68 Å². The highest BCUT2D eigenvalue weighted by Gasteiger charge is 2.34. The van der Waals surface area contributed by atoms with Crippen LogP contribution < -0.4 is 5.73 Å². The molecule has 20 heavy (non-hydrogen) atoms. The Kier molecular flexibility index (Phi) is 3.20. The molecule has 0 aliphatic heterocycles. The predicted molar refractivity (Wildman–Crippen MR) is 79.0 cm³/mol. The molecule has 1 aromatic carbocycles. The number of aryl methyl sites for hydroxylation is 1. The van der Waals surface area contributed by atoms with Gasteiger partial charge in [-0.15, -0.1) is 5.10 Å². The van der Waals surface area contributed by atoms with Gasteiger partial charge in [0.2, 0.25) is 0 Å². The van der Waals surface area contributed by atoms with E-state index in [-0.39, 0.29) is 0 Å². The van der Waals surface area contributed by atoms with Gasteiger partial charge in [-0.3, -0.25) is 0 Å². The number of nitrogens with two attached hydrogens (primary N) is 1. The lowest BCUT2D eigenvalue weighted by molar-refractivity contribution is 0.328. The Labute approximate surface area is 119 Å². The zero-order valence-electron chi connectivity index (χ0n) is 12.2. The minimum Gasteiger partial charge on any atom is -0.398 e. The van der Waals surface area contributed by atoms with Crippen LogP contribution in [0.1, 0.15) is 38.3 Å². The molecule has 1 heterocycles. The molecule has 0 radical (unpaired) electrons. The third-order valence-corrected chi connectivity index (χ3v) is 4.76. The van der Waals surface area contributed by atoms with Crippen molar-refractivity contribution in [3.63, 3.8) is 0 Å². The second kappa shape index (κ2) is 4.89. The van der Waals surface area contributed by atoms with Crippen molar-refractivity contribution >= 4 is 5.69 Å². The third-order valence-electron chi connectivity index (χ3n) is 4.76. The first-order valence-corrected chi connectivity index (χ1v) is 7.23. The summed E-state index contributed by atoms with van der Waals surface area (Å²) in [5, 5.41) is 12.4. The average molecular weight is 271 g/mol. The largest absolute Gasteiger partial charge is 0.398 e. The Morgan fingerprint density at radius 1 is 1.25 bits per heavy atom. The maximum Gasteiger partial charge on any atom is 0.184 e. The van der Waals surface area contributed by atoms with Gasteiger partial charge < -0.3 is 5.73 Å². The molecule has 0 saturated heterocycles. The molecule has 1 aromatic heterocycles. The number of nitrogens with zero attached hydrogens (tertiary/aromatic N) is 4. The van der Waals surface area contributed by atoms with Crippen LogP contribution in [0.2, 0.25) is 0 Å². The minimum atomic E-state index is 0.369. The van der Waals surface area contributed by atoms with Crippen molar-refractivity contribution in [3.05, 3.63) is 23.8 Å². The van der Waals surface area contributed by atoms with Crippen molar-refractivity contribution in [3.8, 4) is 11.4 Å². The number of nitrogen functional groups attached to an aromatic ring is 1. The molecule has 0 amide bonds. The summed E-state index contributed by atoms with van der Waals surface area (Å²) < 4.78 is 1.98. The molecule has 3 atom stereocenters. The normalized spacial score (nSPS) is 26.1. The number of anilines is 1. The van der Waals surface area contributed by atoms with Crippen LogP contribution in [0.4, 0.5) is 5.69 Å². The van der Waals surface area contributed by atoms with Crippen molar-refractivity contribution in [1.82, 2.24) is 20.2 Å². The molecule has 1 aliphatic carbocycles. The summed E-state index contributed by atoms with van der Waals surface area (Å²) in [5.41, 5.74) is 8.94. The molecule has 3 rings (SSSR count). The van der Waals surface area contributed by atoms with Gasteiger partial charge in [0, 0.05) is 11.3 Å². The van der Waals surface area contributed by atoms with E-state index >= 15 is 0 Å². The zero-order chi connectivity index (χ0) is 14.3. The van der Waals surface area contributed by atoms with Crippen LogP contribution in [0.15, 0.2) is 18.2 Å². The molecule has 0 spiro atoms. The maximum absolute atomic E-state index is 6.13. The standard InChI is InChI=1S/C15H21N5/c1-9-7-8-13(11(9)3)20-15(17-18-19-20)14-10(2)5-4-6-12(14)16/h4-6,9,11,13H,7-8,16H2,1-3H3. The van der Waals surface area contributed by atoms with Gasteiger partial charge in [-0.1, -0.05) is 26.0 Å². The van der Waals surface area contributed by atoms with Crippen LogP contribution in [-0.4, -0.2) is 20.2 Å². The van der Waals surface area contributed by atoms with Gasteiger partial charge >= 0.3 is 0 Å². The third kappa shape index (κ3) is 1.97. The molecule has 5 nitrogen and oxygen atoms in total. The van der Waals surface area contributed by atoms with Crippen molar-refractivity contribution < 1.29 is 0 Å². The van der Waals surface area contributed by atoms with Gasteiger partial charge in [-0.05, 0) is 53.7 Å². The SMILES string of the molecule is Cc1cccc(N)c1-c1nnnn1C1CCC(C)C1C. The Bertz CT molecular complexity index is 598. The van der Waals surface area contributed by atoms with E-state index in [9.17, 15) is 0 Å². The van der Waals surface area contributed by atoms with E-state index in [0.717, 1.165) is 29.1 Å². The second-order valence-corrected chi connectivity index (χ2v) is 5.97. The Balaban J connectivity index is 2.07. The van der Waals surface area contributed by atoms with Crippen LogP contribution in [0, 0.1) is 18.8 Å². The molecule has 2 N–H and O–H groups in total. The fourth-order valence-electron chi connectivity index (χ4n) is 3.26. The molecular weight excluding hydrogens is 250 g/mol. The Morgan fingerprint density at radius 3 is 2.70 bits per heavy atom. The first-order valence-electron chi connectivity index (χ1n) is 7.23. The molecule has 1 aliphatic rings. The van der Waals surface area contributed by atoms with Crippen LogP contribution in [0.5, 0.6) is 0 Å². The second-order valence-electron chi connectivity index (χ2n) is 5.97. The highest BCUT2D eigenvalue weighted by molar-refractivity contribution is 5.74. The quantitative estimate of drug-likeness (QED) is 0.853. The summed E-state index contributed by atoms with van der Waals surface area (Å²) >= 11 is 0. The molecule has 1 saturated carbocycles. The molecule has 3 unspecified atom stereocenters. The number of rotatable bonds is 2. The van der Waals surface area contributed by atoms with E-state index in [4.69, 9.17) is 5.73 Å². The van der Waals surface area contributed by atoms with E-state index in [1.807, 2.05) is 29.8 Å². The molecular formula is C15H21N5. The van der Waals surface area contributed by atoms with Crippen LogP contribution in [0.3, 0.4) is 0 Å². The summed E-state index contributed by atoms with van der Waals surface area (Å²) in [6.07, 6.45) is 2.36. The summed E-state index contributed by atoms with van der Waals surface area (Å²) in [6.45, 7) is 6.64. The number of benzene rings is 1. The Hall–Kier alpha value is -1.91. The molecule has 1 fully saturated rings. The summed E-state index contributed by atoms with van der Waals surface area (Å²) in [6, 6.07) is 6.28. The summed E-state index contributed by atoms with van der Waals surface area (Å²) in [7, 11) is 0. The number of hydrogen-bond acceptors (Lipinski definition) is 4. The monoisotopic (exact) mass is 271 g/mol. The highest BCUT2D eigenvalue weighted by Crippen LogP contribution is 2.41. The van der Waals surface area contributed by atoms with E-state index < -0.39 is 0 Å². The summed E-state index contributed by atoms with van der Waals surface area (Å²) in [4.78, 5) is 0. The van der Waals surface area contributed by atoms with Crippen molar-refractivity contribution in [2.75, 3.05) is 5.73 Å². The van der Waals surface area contributed by atoms with Gasteiger partial charge in [0.25, 0.3) is 0 Å². The lowest BCUT2D eigenvalue weighted by atomic mass is 9.97. The number of hydrogen-bond donors (Lipinski definition) is 1. The lowest BCUT2D eigenvalue weighted by Gasteiger charge is -2.20. The van der Waals surface area contributed by atoms with E-state index in [2.05, 4.69) is 29.4 Å². The fourth-order valence-corrected chi connectivity index (χ4v) is 3.26. The smallest absolute Gasteiger partial charge is 0.184 e. The lowest BCUT2D eigenvalue weighted by Crippen LogP contribution is -2.17. The van der Waals surface area contributed by atoms with Gasteiger partial charge in [0.15, 0.2) is 5.82 Å². The first-order chi connectivity index (χ1) is 9.59. The fraction of sp³-hybridized carbons (Fsp3) is 0.533. The zero-order valence-corrected chi connectivity index (χ0v) is 12.2. The number of tetrazole rings is 1. The van der Waals surface area contributed by atoms with Gasteiger partial charge in [0.1, 0.15) is 0 Å². The Morgan fingerprint density at radius 2 is 2.05 bits per heavy atom. The van der Waals surface area contributed by atoms with Crippen LogP contribution in [-0.2, 0) is 0 Å². The van der Waals surface area contributed by atoms with Gasteiger partial charge in [-0.2, -0.15) is 0 Å². The van der Waals surface area contributed by atoms with Crippen molar-refractivity contribution in [1.29, 1.82) is 0 Å². The predicted octanol–water partition coefficient (Wildman–Crippen LogP) is 2.84. The van der Waals surface area contributed by atoms with Crippen molar-refractivity contribution in [2.24, 2.45) is 11.8 Å². The number of aromatic nitrogens is 4. The van der Waals surface area contributed by atoms with E-state index in [1.54, 1.807) is 0 Å². The van der Waals surface area contributed by atoms with Crippen LogP contribution in [0.25, 0.3) is 11.4 Å². The first kappa shape index (κ1) is 13.1. The molecule has 2 aromatic rings. The topological polar surface area (TPSA) is 69.6 Å². The van der Waals surface area contributed by atoms with Crippen molar-refractivity contribution in [2.45, 2.75) is 39.7 Å². The maximum atomic E-state index is 6.13. The highest BCUT2D eigenvalue weighted by atomic mass is 15.6. The van der Waals surface area contributed by atoms with E-state index in [0.29, 0.717) is 17.9 Å². The van der Waals surface area contributed by atoms with Crippen LogP contribution >= 0.6 is 0 Å². The minimum absolute atomic E-state index is 0.369. The van der Waals surface area contributed by atoms with Gasteiger partial charge in [0.05, 0.1) is 6.04 Å². The molecule has 5 heteroatoms. The molecule has 0 bridgehead atoms. The molecule has 106 valence electrons.